The number of nitrogens with zero attached hydrogens (tertiary/aromatic N) is 3. The Bertz CT molecular complexity index is 678. The summed E-state index contributed by atoms with van der Waals surface area (Å²) in [5, 5.41) is 10.8. The summed E-state index contributed by atoms with van der Waals surface area (Å²) >= 11 is 9.35. The van der Waals surface area contributed by atoms with Crippen LogP contribution in [0.5, 0.6) is 0 Å². The third-order valence-corrected chi connectivity index (χ3v) is 4.03. The second kappa shape index (κ2) is 6.93. The second-order valence-electron chi connectivity index (χ2n) is 4.66. The van der Waals surface area contributed by atoms with E-state index < -0.39 is 10.7 Å². The molecule has 1 aromatic heterocycles. The molecule has 0 radical (unpaired) electrons. The molecule has 0 saturated carbocycles. The third kappa shape index (κ3) is 3.66. The van der Waals surface area contributed by atoms with Crippen molar-refractivity contribution in [3.63, 3.8) is 0 Å². The van der Waals surface area contributed by atoms with Crippen molar-refractivity contribution in [3.05, 3.63) is 74.7 Å². The van der Waals surface area contributed by atoms with Gasteiger partial charge in [0, 0.05) is 33.9 Å². The topological polar surface area (TPSA) is 70.2 Å². The molecule has 1 heterocycles. The van der Waals surface area contributed by atoms with Crippen LogP contribution in [0.25, 0.3) is 0 Å². The quantitative estimate of drug-likeness (QED) is 0.410. The molecule has 1 unspecified atom stereocenters. The monoisotopic (exact) mass is 385 g/mol. The number of imidazole rings is 1. The summed E-state index contributed by atoms with van der Waals surface area (Å²) in [4.78, 5) is 20.1. The van der Waals surface area contributed by atoms with Crippen LogP contribution in [0.3, 0.4) is 0 Å². The van der Waals surface area contributed by atoms with Crippen molar-refractivity contribution in [1.29, 1.82) is 0 Å². The smallest absolute Gasteiger partial charge is 0.295 e. The molecular weight excluding hydrogens is 374 g/mol. The van der Waals surface area contributed by atoms with Gasteiger partial charge in [0.15, 0.2) is 5.60 Å². The van der Waals surface area contributed by atoms with Crippen molar-refractivity contribution in [1.82, 2.24) is 9.55 Å². The zero-order valence-corrected chi connectivity index (χ0v) is 13.8. The predicted octanol–water partition coefficient (Wildman–Crippen LogP) is 3.98. The zero-order chi connectivity index (χ0) is 16.2. The lowest BCUT2D eigenvalue weighted by molar-refractivity contribution is -0.785. The minimum absolute atomic E-state index is 0.209. The van der Waals surface area contributed by atoms with Gasteiger partial charge >= 0.3 is 0 Å². The van der Waals surface area contributed by atoms with Crippen molar-refractivity contribution in [2.45, 2.75) is 18.6 Å². The number of hydrogen-bond donors (Lipinski definition) is 0. The Morgan fingerprint density at radius 1 is 1.59 bits per heavy atom. The minimum Gasteiger partial charge on any atom is -0.335 e. The molecule has 6 nitrogen and oxygen atoms in total. The highest BCUT2D eigenvalue weighted by Gasteiger charge is 2.38. The first kappa shape index (κ1) is 16.5. The molecule has 8 heteroatoms. The van der Waals surface area contributed by atoms with Gasteiger partial charge in [-0.2, -0.15) is 0 Å². The normalized spacial score (nSPS) is 13.4. The maximum absolute atomic E-state index is 11.1. The average Bonchev–Trinajstić information content (AvgIpc) is 2.90. The van der Waals surface area contributed by atoms with E-state index in [1.54, 1.807) is 47.6 Å². The molecule has 0 aliphatic rings. The van der Waals surface area contributed by atoms with E-state index in [1.807, 2.05) is 0 Å². The fourth-order valence-corrected chi connectivity index (χ4v) is 3.33. The highest BCUT2D eigenvalue weighted by Crippen LogP contribution is 2.38. The Morgan fingerprint density at radius 2 is 2.36 bits per heavy atom. The van der Waals surface area contributed by atoms with E-state index in [4.69, 9.17) is 16.4 Å². The molecule has 0 aliphatic carbocycles. The van der Waals surface area contributed by atoms with Gasteiger partial charge in [-0.1, -0.05) is 39.7 Å². The number of halogens is 2. The molecule has 2 rings (SSSR count). The van der Waals surface area contributed by atoms with Gasteiger partial charge in [0.2, 0.25) is 0 Å². The van der Waals surface area contributed by atoms with E-state index in [0.717, 1.165) is 0 Å². The molecule has 0 N–H and O–H groups in total. The van der Waals surface area contributed by atoms with Gasteiger partial charge in [0.05, 0.1) is 12.9 Å². The van der Waals surface area contributed by atoms with Gasteiger partial charge in [-0.25, -0.2) is 4.98 Å². The molecule has 0 saturated heterocycles. The molecule has 1 aromatic carbocycles. The molecular formula is C14H13BrClN3O3. The van der Waals surface area contributed by atoms with Crippen LogP contribution in [0.1, 0.15) is 12.0 Å². The standard InChI is InChI=1S/C14H13BrClN3O3/c1-2-5-14(22-19(20)21,9-18-7-6-17-10-18)12-4-3-11(16)8-13(12)15/h2-4,6-8,10H,1,5,9H2. The molecule has 0 fully saturated rings. The summed E-state index contributed by atoms with van der Waals surface area (Å²) in [7, 11) is 0. The van der Waals surface area contributed by atoms with Crippen LogP contribution >= 0.6 is 27.5 Å². The van der Waals surface area contributed by atoms with E-state index in [-0.39, 0.29) is 13.0 Å². The van der Waals surface area contributed by atoms with Gasteiger partial charge in [-0.3, -0.25) is 0 Å². The highest BCUT2D eigenvalue weighted by atomic mass is 79.9. The van der Waals surface area contributed by atoms with E-state index in [2.05, 4.69) is 27.5 Å². The molecule has 1 atom stereocenters. The largest absolute Gasteiger partial charge is 0.335 e. The molecule has 0 spiro atoms. The van der Waals surface area contributed by atoms with Crippen LogP contribution in [-0.2, 0) is 17.0 Å². The lowest BCUT2D eigenvalue weighted by atomic mass is 9.90. The number of rotatable bonds is 7. The van der Waals surface area contributed by atoms with Gasteiger partial charge < -0.3 is 9.40 Å². The summed E-state index contributed by atoms with van der Waals surface area (Å²) in [5.41, 5.74) is -0.614. The Kier molecular flexibility index (Phi) is 5.20. The van der Waals surface area contributed by atoms with Gasteiger partial charge in [-0.05, 0) is 12.1 Å². The van der Waals surface area contributed by atoms with Crippen LogP contribution in [0.4, 0.5) is 0 Å². The number of aromatic nitrogens is 2. The summed E-state index contributed by atoms with van der Waals surface area (Å²) < 4.78 is 2.34. The Balaban J connectivity index is 2.54. The second-order valence-corrected chi connectivity index (χ2v) is 5.95. The third-order valence-electron chi connectivity index (χ3n) is 3.14. The van der Waals surface area contributed by atoms with Gasteiger partial charge in [-0.15, -0.1) is 16.7 Å². The summed E-state index contributed by atoms with van der Waals surface area (Å²) in [6, 6.07) is 5.04. The van der Waals surface area contributed by atoms with E-state index in [9.17, 15) is 10.1 Å². The van der Waals surface area contributed by atoms with Crippen molar-refractivity contribution < 1.29 is 9.92 Å². The molecule has 116 valence electrons. The van der Waals surface area contributed by atoms with Crippen LogP contribution in [0, 0.1) is 10.1 Å². The molecule has 0 amide bonds. The number of hydrogen-bond acceptors (Lipinski definition) is 4. The highest BCUT2D eigenvalue weighted by molar-refractivity contribution is 9.10. The first-order chi connectivity index (χ1) is 10.5. The molecule has 2 aromatic rings. The molecule has 22 heavy (non-hydrogen) atoms. The van der Waals surface area contributed by atoms with Crippen molar-refractivity contribution in [2.75, 3.05) is 0 Å². The maximum atomic E-state index is 11.1. The van der Waals surface area contributed by atoms with Crippen LogP contribution < -0.4 is 0 Å². The predicted molar refractivity (Wildman–Crippen MR) is 86.0 cm³/mol. The van der Waals surface area contributed by atoms with Crippen LogP contribution in [0.15, 0.2) is 54.0 Å². The lowest BCUT2D eigenvalue weighted by Crippen LogP contribution is -2.36. The van der Waals surface area contributed by atoms with E-state index in [1.165, 1.54) is 0 Å². The SMILES string of the molecule is C=CCC(Cn1ccnc1)(O[N+](=O)[O-])c1ccc(Cl)cc1Br. The number of benzene rings is 1. The Hall–Kier alpha value is -1.86. The Morgan fingerprint density at radius 3 is 2.91 bits per heavy atom. The average molecular weight is 387 g/mol. The first-order valence-corrected chi connectivity index (χ1v) is 7.49. The Labute approximate surface area is 140 Å². The summed E-state index contributed by atoms with van der Waals surface area (Å²) in [6.45, 7) is 3.89. The molecule has 0 aliphatic heterocycles. The fraction of sp³-hybridized carbons (Fsp3) is 0.214. The lowest BCUT2D eigenvalue weighted by Gasteiger charge is -2.32. The van der Waals surface area contributed by atoms with Crippen molar-refractivity contribution in [3.8, 4) is 0 Å². The van der Waals surface area contributed by atoms with Crippen molar-refractivity contribution >= 4 is 27.5 Å². The maximum Gasteiger partial charge on any atom is 0.295 e. The zero-order valence-electron chi connectivity index (χ0n) is 11.5. The minimum atomic E-state index is -1.23. The van der Waals surface area contributed by atoms with E-state index >= 15 is 0 Å². The summed E-state index contributed by atoms with van der Waals surface area (Å²) in [6.07, 6.45) is 6.71. The van der Waals surface area contributed by atoms with Gasteiger partial charge in [0.25, 0.3) is 5.09 Å². The van der Waals surface area contributed by atoms with Crippen molar-refractivity contribution in [2.24, 2.45) is 0 Å². The summed E-state index contributed by atoms with van der Waals surface area (Å²) in [5.74, 6) is 0. The fourth-order valence-electron chi connectivity index (χ4n) is 2.28. The van der Waals surface area contributed by atoms with Gasteiger partial charge in [0.1, 0.15) is 0 Å². The van der Waals surface area contributed by atoms with Crippen LogP contribution in [-0.4, -0.2) is 14.6 Å². The first-order valence-electron chi connectivity index (χ1n) is 6.32. The van der Waals surface area contributed by atoms with Crippen LogP contribution in [0.2, 0.25) is 5.02 Å². The molecule has 0 bridgehead atoms. The van der Waals surface area contributed by atoms with E-state index in [0.29, 0.717) is 15.1 Å².